The van der Waals surface area contributed by atoms with Gasteiger partial charge in [0.05, 0.1) is 17.1 Å². The lowest BCUT2D eigenvalue weighted by Gasteiger charge is -2.24. The lowest BCUT2D eigenvalue weighted by Crippen LogP contribution is -2.31. The molecule has 0 radical (unpaired) electrons. The predicted molar refractivity (Wildman–Crippen MR) is 98.6 cm³/mol. The Labute approximate surface area is 150 Å². The molecule has 0 spiro atoms. The Bertz CT molecular complexity index is 984. The van der Waals surface area contributed by atoms with Gasteiger partial charge in [0.25, 0.3) is 5.56 Å². The highest BCUT2D eigenvalue weighted by molar-refractivity contribution is 5.77. The number of H-pyrrole nitrogens is 1. The maximum Gasteiger partial charge on any atom is 0.270 e. The third-order valence-corrected chi connectivity index (χ3v) is 4.89. The number of carbonyl (C=O) groups is 1. The molecule has 132 valence electrons. The van der Waals surface area contributed by atoms with Crippen LogP contribution in [0.3, 0.4) is 0 Å². The molecule has 1 aromatic carbocycles. The summed E-state index contributed by atoms with van der Waals surface area (Å²) in [6, 6.07) is 11.4. The normalized spacial score (nSPS) is 16.9. The van der Waals surface area contributed by atoms with Gasteiger partial charge in [-0.05, 0) is 36.6 Å². The summed E-state index contributed by atoms with van der Waals surface area (Å²) in [5.74, 6) is 0.0608. The van der Waals surface area contributed by atoms with Gasteiger partial charge < -0.3 is 9.88 Å². The lowest BCUT2D eigenvalue weighted by atomic mass is 10.1. The third-order valence-electron chi connectivity index (χ3n) is 4.89. The maximum absolute atomic E-state index is 12.7. The molecule has 6 nitrogen and oxygen atoms in total. The first-order valence-electron chi connectivity index (χ1n) is 8.90. The third kappa shape index (κ3) is 3.22. The molecule has 1 aliphatic heterocycles. The SMILES string of the molecule is O=C(CCc1nc2ccccc2[nH]c1=O)N1CCC[C@@H]1c1cccnc1. The van der Waals surface area contributed by atoms with E-state index in [-0.39, 0.29) is 23.9 Å². The van der Waals surface area contributed by atoms with Crippen LogP contribution in [0.25, 0.3) is 11.0 Å². The minimum atomic E-state index is -0.221. The summed E-state index contributed by atoms with van der Waals surface area (Å²) in [6.07, 6.45) is 6.13. The molecule has 0 bridgehead atoms. The molecule has 1 N–H and O–H groups in total. The standard InChI is InChI=1S/C20H20N4O2/c25-19(24-12-4-8-18(24)14-5-3-11-21-13-14)10-9-17-20(26)23-16-7-2-1-6-15(16)22-17/h1-3,5-7,11,13,18H,4,8-10,12H2,(H,23,26)/t18-/m1/s1. The number of amides is 1. The van der Waals surface area contributed by atoms with Crippen LogP contribution in [0, 0.1) is 0 Å². The molecular weight excluding hydrogens is 328 g/mol. The van der Waals surface area contributed by atoms with Gasteiger partial charge in [-0.3, -0.25) is 14.6 Å². The second kappa shape index (κ2) is 7.07. The van der Waals surface area contributed by atoms with Gasteiger partial charge in [-0.15, -0.1) is 0 Å². The molecule has 2 aromatic heterocycles. The number of aromatic nitrogens is 3. The molecule has 26 heavy (non-hydrogen) atoms. The minimum Gasteiger partial charge on any atom is -0.336 e. The number of carbonyl (C=O) groups excluding carboxylic acids is 1. The van der Waals surface area contributed by atoms with Crippen LogP contribution in [0.2, 0.25) is 0 Å². The zero-order valence-corrected chi connectivity index (χ0v) is 14.4. The van der Waals surface area contributed by atoms with Gasteiger partial charge in [0.1, 0.15) is 5.69 Å². The number of aryl methyl sites for hydroxylation is 1. The summed E-state index contributed by atoms with van der Waals surface area (Å²) in [5.41, 5.74) is 2.71. The van der Waals surface area contributed by atoms with Crippen LogP contribution in [0.15, 0.2) is 53.6 Å². The molecular formula is C20H20N4O2. The largest absolute Gasteiger partial charge is 0.336 e. The highest BCUT2D eigenvalue weighted by Crippen LogP contribution is 2.31. The number of nitrogens with one attached hydrogen (secondary N) is 1. The molecule has 0 saturated carbocycles. The lowest BCUT2D eigenvalue weighted by molar-refractivity contribution is -0.132. The summed E-state index contributed by atoms with van der Waals surface area (Å²) in [4.78, 5) is 38.3. The van der Waals surface area contributed by atoms with Crippen LogP contribution >= 0.6 is 0 Å². The molecule has 1 saturated heterocycles. The van der Waals surface area contributed by atoms with E-state index >= 15 is 0 Å². The zero-order chi connectivity index (χ0) is 17.9. The van der Waals surface area contributed by atoms with Crippen molar-refractivity contribution in [1.82, 2.24) is 19.9 Å². The van der Waals surface area contributed by atoms with Crippen molar-refractivity contribution >= 4 is 16.9 Å². The number of hydrogen-bond acceptors (Lipinski definition) is 4. The van der Waals surface area contributed by atoms with E-state index in [0.29, 0.717) is 17.6 Å². The van der Waals surface area contributed by atoms with Gasteiger partial charge in [-0.25, -0.2) is 4.98 Å². The Morgan fingerprint density at radius 2 is 2.12 bits per heavy atom. The van der Waals surface area contributed by atoms with Crippen LogP contribution in [-0.4, -0.2) is 32.3 Å². The maximum atomic E-state index is 12.7. The first-order valence-corrected chi connectivity index (χ1v) is 8.90. The van der Waals surface area contributed by atoms with Crippen molar-refractivity contribution in [3.05, 3.63) is 70.4 Å². The van der Waals surface area contributed by atoms with Gasteiger partial charge in [-0.1, -0.05) is 18.2 Å². The van der Waals surface area contributed by atoms with E-state index in [2.05, 4.69) is 15.0 Å². The molecule has 4 rings (SSSR count). The van der Waals surface area contributed by atoms with Crippen molar-refractivity contribution in [3.63, 3.8) is 0 Å². The molecule has 1 atom stereocenters. The first kappa shape index (κ1) is 16.4. The molecule has 1 aliphatic rings. The van der Waals surface area contributed by atoms with Crippen LogP contribution in [0.5, 0.6) is 0 Å². The number of aromatic amines is 1. The summed E-state index contributed by atoms with van der Waals surface area (Å²) in [5, 5.41) is 0. The quantitative estimate of drug-likeness (QED) is 0.786. The Hall–Kier alpha value is -3.02. The number of para-hydroxylation sites is 2. The minimum absolute atomic E-state index is 0.0608. The number of benzene rings is 1. The molecule has 3 heterocycles. The van der Waals surface area contributed by atoms with Gasteiger partial charge >= 0.3 is 0 Å². The first-order chi connectivity index (χ1) is 12.7. The Morgan fingerprint density at radius 1 is 1.23 bits per heavy atom. The molecule has 1 fully saturated rings. The van der Waals surface area contributed by atoms with Gasteiger partial charge in [0.2, 0.25) is 5.91 Å². The van der Waals surface area contributed by atoms with Crippen molar-refractivity contribution in [2.45, 2.75) is 31.7 Å². The van der Waals surface area contributed by atoms with Gasteiger partial charge in [-0.2, -0.15) is 0 Å². The van der Waals surface area contributed by atoms with Crippen molar-refractivity contribution in [3.8, 4) is 0 Å². The van der Waals surface area contributed by atoms with Crippen molar-refractivity contribution in [2.75, 3.05) is 6.54 Å². The van der Waals surface area contributed by atoms with E-state index < -0.39 is 0 Å². The van der Waals surface area contributed by atoms with Gasteiger partial charge in [0.15, 0.2) is 0 Å². The average molecular weight is 348 g/mol. The number of pyridine rings is 1. The predicted octanol–water partition coefficient (Wildman–Crippen LogP) is 2.61. The van der Waals surface area contributed by atoms with Gasteiger partial charge in [0, 0.05) is 31.8 Å². The van der Waals surface area contributed by atoms with Crippen molar-refractivity contribution in [2.24, 2.45) is 0 Å². The second-order valence-electron chi connectivity index (χ2n) is 6.56. The fraction of sp³-hybridized carbons (Fsp3) is 0.300. The van der Waals surface area contributed by atoms with Crippen molar-refractivity contribution in [1.29, 1.82) is 0 Å². The molecule has 0 unspecified atom stereocenters. The van der Waals surface area contributed by atoms with E-state index in [1.165, 1.54) is 0 Å². The summed E-state index contributed by atoms with van der Waals surface area (Å²) < 4.78 is 0. The van der Waals surface area contributed by atoms with Crippen LogP contribution in [-0.2, 0) is 11.2 Å². The van der Waals surface area contributed by atoms with Crippen LogP contribution in [0.1, 0.15) is 36.6 Å². The van der Waals surface area contributed by atoms with Crippen LogP contribution < -0.4 is 5.56 Å². The smallest absolute Gasteiger partial charge is 0.270 e. The second-order valence-corrected chi connectivity index (χ2v) is 6.56. The number of hydrogen-bond donors (Lipinski definition) is 1. The zero-order valence-electron chi connectivity index (χ0n) is 14.4. The Kier molecular flexibility index (Phi) is 4.48. The van der Waals surface area contributed by atoms with Crippen molar-refractivity contribution < 1.29 is 4.79 Å². The monoisotopic (exact) mass is 348 g/mol. The fourth-order valence-electron chi connectivity index (χ4n) is 3.59. The average Bonchev–Trinajstić information content (AvgIpc) is 3.17. The molecule has 3 aromatic rings. The summed E-state index contributed by atoms with van der Waals surface area (Å²) >= 11 is 0. The van der Waals surface area contributed by atoms with E-state index in [4.69, 9.17) is 0 Å². The highest BCUT2D eigenvalue weighted by atomic mass is 16.2. The van der Waals surface area contributed by atoms with Crippen LogP contribution in [0.4, 0.5) is 0 Å². The Balaban J connectivity index is 1.48. The molecule has 1 amide bonds. The van der Waals surface area contributed by atoms with E-state index in [1.807, 2.05) is 47.5 Å². The fourth-order valence-corrected chi connectivity index (χ4v) is 3.59. The highest BCUT2D eigenvalue weighted by Gasteiger charge is 2.29. The van der Waals surface area contributed by atoms with E-state index in [1.54, 1.807) is 6.20 Å². The van der Waals surface area contributed by atoms with E-state index in [9.17, 15) is 9.59 Å². The Morgan fingerprint density at radius 3 is 2.96 bits per heavy atom. The number of likely N-dealkylation sites (tertiary alicyclic amines) is 1. The number of fused-ring (bicyclic) bond motifs is 1. The molecule has 0 aliphatic carbocycles. The number of rotatable bonds is 4. The summed E-state index contributed by atoms with van der Waals surface area (Å²) in [7, 11) is 0. The van der Waals surface area contributed by atoms with E-state index in [0.717, 1.165) is 30.5 Å². The number of nitrogens with zero attached hydrogens (tertiary/aromatic N) is 3. The topological polar surface area (TPSA) is 79.0 Å². The summed E-state index contributed by atoms with van der Waals surface area (Å²) in [6.45, 7) is 0.750. The molecule has 6 heteroatoms.